The van der Waals surface area contributed by atoms with E-state index in [1.54, 1.807) is 11.3 Å². The highest BCUT2D eigenvalue weighted by Gasteiger charge is 2.26. The second-order valence-corrected chi connectivity index (χ2v) is 10.5. The first kappa shape index (κ1) is 23.6. The SMILES string of the molecule is CN(C(=O)Cc1cc2ccccc2s1)[C@H](CN1CCCC1)c1cccc(OCc2ccccc2)c1. The molecule has 4 nitrogen and oxygen atoms in total. The summed E-state index contributed by atoms with van der Waals surface area (Å²) in [4.78, 5) is 19.0. The first-order valence-corrected chi connectivity index (χ1v) is 13.2. The van der Waals surface area contributed by atoms with Crippen LogP contribution in [0.5, 0.6) is 5.75 Å². The summed E-state index contributed by atoms with van der Waals surface area (Å²) in [5.74, 6) is 0.986. The molecule has 180 valence electrons. The van der Waals surface area contributed by atoms with Crippen molar-refractivity contribution in [1.82, 2.24) is 9.80 Å². The van der Waals surface area contributed by atoms with Gasteiger partial charge in [-0.2, -0.15) is 0 Å². The minimum atomic E-state index is -0.0183. The molecule has 2 heterocycles. The summed E-state index contributed by atoms with van der Waals surface area (Å²) in [6, 6.07) is 28.9. The minimum Gasteiger partial charge on any atom is -0.489 e. The van der Waals surface area contributed by atoms with Crippen LogP contribution in [0.3, 0.4) is 0 Å². The molecule has 0 saturated carbocycles. The summed E-state index contributed by atoms with van der Waals surface area (Å²) in [5, 5.41) is 1.21. The maximum absolute atomic E-state index is 13.5. The summed E-state index contributed by atoms with van der Waals surface area (Å²) in [6.07, 6.45) is 2.88. The number of fused-ring (bicyclic) bond motifs is 1. The predicted octanol–water partition coefficient (Wildman–Crippen LogP) is 6.32. The third kappa shape index (κ3) is 5.92. The normalized spacial score (nSPS) is 14.8. The number of nitrogens with zero attached hydrogens (tertiary/aromatic N) is 2. The molecule has 0 radical (unpaired) electrons. The van der Waals surface area contributed by atoms with E-state index in [0.29, 0.717) is 13.0 Å². The van der Waals surface area contributed by atoms with Crippen molar-refractivity contribution in [2.75, 3.05) is 26.7 Å². The molecule has 1 aliphatic rings. The lowest BCUT2D eigenvalue weighted by atomic mass is 10.0. The van der Waals surface area contributed by atoms with E-state index < -0.39 is 0 Å². The van der Waals surface area contributed by atoms with Gasteiger partial charge in [-0.1, -0.05) is 60.7 Å². The van der Waals surface area contributed by atoms with Gasteiger partial charge < -0.3 is 14.5 Å². The molecule has 0 bridgehead atoms. The van der Waals surface area contributed by atoms with Gasteiger partial charge in [0.2, 0.25) is 5.91 Å². The van der Waals surface area contributed by atoms with Gasteiger partial charge in [0.05, 0.1) is 12.5 Å². The minimum absolute atomic E-state index is 0.0183. The number of thiophene rings is 1. The van der Waals surface area contributed by atoms with Crippen LogP contribution in [0.2, 0.25) is 0 Å². The van der Waals surface area contributed by atoms with Crippen LogP contribution < -0.4 is 4.74 Å². The first-order valence-electron chi connectivity index (χ1n) is 12.4. The van der Waals surface area contributed by atoms with Crippen LogP contribution in [0.1, 0.15) is 34.9 Å². The maximum Gasteiger partial charge on any atom is 0.228 e. The standard InChI is InChI=1S/C30H32N2O2S/c1-31(30(33)20-27-19-25-12-5-6-15-29(25)35-27)28(21-32-16-7-8-17-32)24-13-9-14-26(18-24)34-22-23-10-3-2-4-11-23/h2-6,9-15,18-19,28H,7-8,16-17,20-22H2,1H3/t28-/m1/s1. The van der Waals surface area contributed by atoms with E-state index in [4.69, 9.17) is 4.74 Å². The Kier molecular flexibility index (Phi) is 7.45. The molecule has 0 spiro atoms. The third-order valence-corrected chi connectivity index (χ3v) is 7.90. The number of carbonyl (C=O) groups excluding carboxylic acids is 1. The highest BCUT2D eigenvalue weighted by Crippen LogP contribution is 2.29. The molecular weight excluding hydrogens is 452 g/mol. The van der Waals surface area contributed by atoms with Crippen molar-refractivity contribution >= 4 is 27.3 Å². The zero-order valence-electron chi connectivity index (χ0n) is 20.2. The quantitative estimate of drug-likeness (QED) is 0.279. The molecule has 1 aromatic heterocycles. The Labute approximate surface area is 211 Å². The lowest BCUT2D eigenvalue weighted by molar-refractivity contribution is -0.131. The summed E-state index contributed by atoms with van der Waals surface area (Å²) in [7, 11) is 1.95. The molecule has 3 aromatic carbocycles. The molecule has 1 aliphatic heterocycles. The Bertz CT molecular complexity index is 1230. The van der Waals surface area contributed by atoms with Crippen LogP contribution in [0, 0.1) is 0 Å². The summed E-state index contributed by atoms with van der Waals surface area (Å²) >= 11 is 1.71. The molecule has 1 atom stereocenters. The third-order valence-electron chi connectivity index (χ3n) is 6.78. The number of amides is 1. The number of likely N-dealkylation sites (N-methyl/N-ethyl adjacent to an activating group) is 1. The Morgan fingerprint density at radius 2 is 1.74 bits per heavy atom. The summed E-state index contributed by atoms with van der Waals surface area (Å²) in [5.41, 5.74) is 2.26. The Morgan fingerprint density at radius 1 is 0.971 bits per heavy atom. The van der Waals surface area contributed by atoms with Crippen LogP contribution in [-0.4, -0.2) is 42.4 Å². The maximum atomic E-state index is 13.5. The molecule has 5 rings (SSSR count). The largest absolute Gasteiger partial charge is 0.489 e. The van der Waals surface area contributed by atoms with Crippen LogP contribution >= 0.6 is 11.3 Å². The molecule has 0 unspecified atom stereocenters. The number of likely N-dealkylation sites (tertiary alicyclic amines) is 1. The zero-order chi connectivity index (χ0) is 24.0. The Balaban J connectivity index is 1.33. The molecule has 0 aliphatic carbocycles. The fourth-order valence-corrected chi connectivity index (χ4v) is 5.84. The van der Waals surface area contributed by atoms with Crippen molar-refractivity contribution in [3.8, 4) is 5.75 Å². The smallest absolute Gasteiger partial charge is 0.228 e. The van der Waals surface area contributed by atoms with Crippen molar-refractivity contribution in [3.63, 3.8) is 0 Å². The molecule has 1 fully saturated rings. The number of ether oxygens (including phenoxy) is 1. The first-order chi connectivity index (χ1) is 17.2. The van der Waals surface area contributed by atoms with E-state index in [2.05, 4.69) is 53.4 Å². The van der Waals surface area contributed by atoms with Crippen LogP contribution in [0.4, 0.5) is 0 Å². The van der Waals surface area contributed by atoms with Crippen molar-refractivity contribution in [3.05, 3.63) is 101 Å². The van der Waals surface area contributed by atoms with Crippen LogP contribution in [-0.2, 0) is 17.8 Å². The van der Waals surface area contributed by atoms with E-state index >= 15 is 0 Å². The Morgan fingerprint density at radius 3 is 2.54 bits per heavy atom. The molecule has 0 N–H and O–H groups in total. The molecule has 5 heteroatoms. The molecule has 4 aromatic rings. The second-order valence-electron chi connectivity index (χ2n) is 9.30. The van der Waals surface area contributed by atoms with E-state index in [1.165, 1.54) is 22.9 Å². The van der Waals surface area contributed by atoms with E-state index in [-0.39, 0.29) is 11.9 Å². The Hall–Kier alpha value is -3.15. The topological polar surface area (TPSA) is 32.8 Å². The predicted molar refractivity (Wildman–Crippen MR) is 144 cm³/mol. The van der Waals surface area contributed by atoms with Crippen molar-refractivity contribution in [2.45, 2.75) is 31.9 Å². The van der Waals surface area contributed by atoms with Crippen molar-refractivity contribution in [2.24, 2.45) is 0 Å². The van der Waals surface area contributed by atoms with Gasteiger partial charge in [-0.05, 0) is 66.7 Å². The number of benzene rings is 3. The highest BCUT2D eigenvalue weighted by molar-refractivity contribution is 7.19. The van der Waals surface area contributed by atoms with Gasteiger partial charge in [0.1, 0.15) is 12.4 Å². The number of carbonyl (C=O) groups is 1. The summed E-state index contributed by atoms with van der Waals surface area (Å²) in [6.45, 7) is 3.57. The molecular formula is C30H32N2O2S. The van der Waals surface area contributed by atoms with Crippen molar-refractivity contribution < 1.29 is 9.53 Å². The molecule has 1 saturated heterocycles. The van der Waals surface area contributed by atoms with Gasteiger partial charge in [-0.25, -0.2) is 0 Å². The lowest BCUT2D eigenvalue weighted by Crippen LogP contribution is -2.39. The van der Waals surface area contributed by atoms with Gasteiger partial charge in [0.25, 0.3) is 0 Å². The van der Waals surface area contributed by atoms with Crippen LogP contribution in [0.15, 0.2) is 84.9 Å². The highest BCUT2D eigenvalue weighted by atomic mass is 32.1. The number of rotatable bonds is 9. The van der Waals surface area contributed by atoms with Gasteiger partial charge in [-0.3, -0.25) is 4.79 Å². The van der Waals surface area contributed by atoms with Crippen LogP contribution in [0.25, 0.3) is 10.1 Å². The monoisotopic (exact) mass is 484 g/mol. The average molecular weight is 485 g/mol. The van der Waals surface area contributed by atoms with Gasteiger partial charge in [-0.15, -0.1) is 11.3 Å². The fourth-order valence-electron chi connectivity index (χ4n) is 4.79. The average Bonchev–Trinajstić information content (AvgIpc) is 3.56. The number of hydrogen-bond donors (Lipinski definition) is 0. The second kappa shape index (κ2) is 11.1. The summed E-state index contributed by atoms with van der Waals surface area (Å²) < 4.78 is 7.34. The van der Waals surface area contributed by atoms with E-state index in [9.17, 15) is 4.79 Å². The van der Waals surface area contributed by atoms with E-state index in [1.807, 2.05) is 48.3 Å². The van der Waals surface area contributed by atoms with Gasteiger partial charge >= 0.3 is 0 Å². The molecule has 35 heavy (non-hydrogen) atoms. The van der Waals surface area contributed by atoms with Crippen molar-refractivity contribution in [1.29, 1.82) is 0 Å². The zero-order valence-corrected chi connectivity index (χ0v) is 21.0. The molecule has 1 amide bonds. The van der Waals surface area contributed by atoms with Gasteiger partial charge in [0, 0.05) is 23.2 Å². The fraction of sp³-hybridized carbons (Fsp3) is 0.300. The number of hydrogen-bond acceptors (Lipinski definition) is 4. The van der Waals surface area contributed by atoms with Gasteiger partial charge in [0.15, 0.2) is 0 Å². The lowest BCUT2D eigenvalue weighted by Gasteiger charge is -2.32. The van der Waals surface area contributed by atoms with E-state index in [0.717, 1.165) is 41.4 Å².